The number of halogens is 1. The third kappa shape index (κ3) is 4.61. The number of hydrogen-bond donors (Lipinski definition) is 1. The molecule has 23 heavy (non-hydrogen) atoms. The van der Waals surface area contributed by atoms with Crippen LogP contribution in [0.15, 0.2) is 18.2 Å². The molecule has 1 heterocycles. The van der Waals surface area contributed by atoms with Gasteiger partial charge in [0.05, 0.1) is 0 Å². The normalized spacial score (nSPS) is 18.7. The lowest BCUT2D eigenvalue weighted by Crippen LogP contribution is -2.45. The molecular weight excluding hydrogens is 312 g/mol. The molecule has 2 unspecified atom stereocenters. The van der Waals surface area contributed by atoms with Gasteiger partial charge >= 0.3 is 0 Å². The van der Waals surface area contributed by atoms with E-state index in [1.54, 1.807) is 0 Å². The van der Waals surface area contributed by atoms with Crippen LogP contribution in [0.4, 0.5) is 0 Å². The Morgan fingerprint density at radius 1 is 1.39 bits per heavy atom. The molecule has 2 rings (SSSR count). The van der Waals surface area contributed by atoms with Crippen LogP contribution in [0, 0.1) is 6.92 Å². The van der Waals surface area contributed by atoms with Crippen molar-refractivity contribution in [3.63, 3.8) is 0 Å². The Kier molecular flexibility index (Phi) is 7.36. The Morgan fingerprint density at radius 3 is 2.70 bits per heavy atom. The van der Waals surface area contributed by atoms with Gasteiger partial charge in [0.2, 0.25) is 0 Å². The smallest absolute Gasteiger partial charge is 0.263 e. The quantitative estimate of drug-likeness (QED) is 0.895. The highest BCUT2D eigenvalue weighted by molar-refractivity contribution is 5.85. The lowest BCUT2D eigenvalue weighted by atomic mass is 10.0. The number of nitrogens with zero attached hydrogens (tertiary/aromatic N) is 1. The lowest BCUT2D eigenvalue weighted by molar-refractivity contribution is -0.138. The van der Waals surface area contributed by atoms with E-state index in [9.17, 15) is 4.79 Å². The SMILES string of the molecule is Cc1ccc(C(C)C)cc1OC(C)C(=O)N1CCCC1CN.Cl. The molecule has 1 aromatic rings. The fraction of sp³-hybridized carbons (Fsp3) is 0.611. The van der Waals surface area contributed by atoms with Crippen LogP contribution >= 0.6 is 12.4 Å². The second-order valence-corrected chi connectivity index (χ2v) is 6.50. The number of aryl methyl sites for hydroxylation is 1. The van der Waals surface area contributed by atoms with E-state index in [-0.39, 0.29) is 24.4 Å². The zero-order valence-electron chi connectivity index (χ0n) is 14.5. The van der Waals surface area contributed by atoms with E-state index < -0.39 is 6.10 Å². The Morgan fingerprint density at radius 2 is 2.09 bits per heavy atom. The second kappa shape index (κ2) is 8.55. The molecule has 0 radical (unpaired) electrons. The molecule has 2 atom stereocenters. The number of benzene rings is 1. The van der Waals surface area contributed by atoms with Gasteiger partial charge in [0, 0.05) is 19.1 Å². The first-order valence-corrected chi connectivity index (χ1v) is 8.21. The highest BCUT2D eigenvalue weighted by Gasteiger charge is 2.31. The molecule has 4 nitrogen and oxygen atoms in total. The van der Waals surface area contributed by atoms with Gasteiger partial charge in [-0.15, -0.1) is 12.4 Å². The monoisotopic (exact) mass is 340 g/mol. The van der Waals surface area contributed by atoms with E-state index in [0.717, 1.165) is 30.7 Å². The fourth-order valence-electron chi connectivity index (χ4n) is 2.95. The molecule has 0 aromatic heterocycles. The predicted octanol–water partition coefficient (Wildman–Crippen LogP) is 3.26. The molecule has 1 aromatic carbocycles. The van der Waals surface area contributed by atoms with E-state index in [0.29, 0.717) is 12.5 Å². The van der Waals surface area contributed by atoms with Crippen molar-refractivity contribution in [2.45, 2.75) is 58.6 Å². The summed E-state index contributed by atoms with van der Waals surface area (Å²) in [5, 5.41) is 0. The van der Waals surface area contributed by atoms with Crippen LogP contribution in [0.1, 0.15) is 50.7 Å². The third-order valence-electron chi connectivity index (χ3n) is 4.46. The van der Waals surface area contributed by atoms with Crippen LogP contribution in [0.25, 0.3) is 0 Å². The van der Waals surface area contributed by atoms with E-state index >= 15 is 0 Å². The van der Waals surface area contributed by atoms with Crippen molar-refractivity contribution in [3.8, 4) is 5.75 Å². The highest BCUT2D eigenvalue weighted by Crippen LogP contribution is 2.26. The summed E-state index contributed by atoms with van der Waals surface area (Å²) < 4.78 is 5.97. The van der Waals surface area contributed by atoms with Crippen molar-refractivity contribution >= 4 is 18.3 Å². The number of hydrogen-bond acceptors (Lipinski definition) is 3. The average molecular weight is 341 g/mol. The molecule has 1 amide bonds. The molecule has 2 N–H and O–H groups in total. The maximum absolute atomic E-state index is 12.6. The van der Waals surface area contributed by atoms with Gasteiger partial charge in [-0.3, -0.25) is 4.79 Å². The molecule has 0 saturated carbocycles. The first-order valence-electron chi connectivity index (χ1n) is 8.21. The summed E-state index contributed by atoms with van der Waals surface area (Å²) in [5.41, 5.74) is 8.04. The molecule has 0 aliphatic carbocycles. The zero-order valence-corrected chi connectivity index (χ0v) is 15.4. The standard InChI is InChI=1S/C18H28N2O2.ClH/c1-12(2)15-8-7-13(3)17(10-15)22-14(4)18(21)20-9-5-6-16(20)11-19;/h7-8,10,12,14,16H,5-6,9,11,19H2,1-4H3;1H. The van der Waals surface area contributed by atoms with Crippen LogP contribution in [-0.2, 0) is 4.79 Å². The number of likely N-dealkylation sites (tertiary alicyclic amines) is 1. The lowest BCUT2D eigenvalue weighted by Gasteiger charge is -2.27. The summed E-state index contributed by atoms with van der Waals surface area (Å²) in [6.45, 7) is 9.46. The van der Waals surface area contributed by atoms with Crippen molar-refractivity contribution < 1.29 is 9.53 Å². The van der Waals surface area contributed by atoms with Crippen molar-refractivity contribution in [2.75, 3.05) is 13.1 Å². The Balaban J connectivity index is 0.00000264. The number of carbonyl (C=O) groups excluding carboxylic acids is 1. The van der Waals surface area contributed by atoms with Gasteiger partial charge in [-0.1, -0.05) is 26.0 Å². The van der Waals surface area contributed by atoms with Gasteiger partial charge in [-0.2, -0.15) is 0 Å². The molecular formula is C18H29ClN2O2. The minimum atomic E-state index is -0.478. The van der Waals surface area contributed by atoms with E-state index in [2.05, 4.69) is 26.0 Å². The van der Waals surface area contributed by atoms with Crippen molar-refractivity contribution in [2.24, 2.45) is 5.73 Å². The third-order valence-corrected chi connectivity index (χ3v) is 4.46. The molecule has 0 spiro atoms. The largest absolute Gasteiger partial charge is 0.481 e. The zero-order chi connectivity index (χ0) is 16.3. The molecule has 130 valence electrons. The molecule has 1 saturated heterocycles. The first-order chi connectivity index (χ1) is 10.4. The Labute approximate surface area is 145 Å². The number of nitrogens with two attached hydrogens (primary N) is 1. The van der Waals surface area contributed by atoms with Crippen LogP contribution < -0.4 is 10.5 Å². The summed E-state index contributed by atoms with van der Waals surface area (Å²) in [6, 6.07) is 6.39. The van der Waals surface area contributed by atoms with Crippen LogP contribution in [0.2, 0.25) is 0 Å². The van der Waals surface area contributed by atoms with Crippen LogP contribution in [-0.4, -0.2) is 36.0 Å². The topological polar surface area (TPSA) is 55.6 Å². The van der Waals surface area contributed by atoms with E-state index in [1.165, 1.54) is 5.56 Å². The van der Waals surface area contributed by atoms with Gasteiger partial charge in [0.15, 0.2) is 6.10 Å². The molecule has 5 heteroatoms. The second-order valence-electron chi connectivity index (χ2n) is 6.50. The van der Waals surface area contributed by atoms with Crippen molar-refractivity contribution in [3.05, 3.63) is 29.3 Å². The van der Waals surface area contributed by atoms with E-state index in [4.69, 9.17) is 10.5 Å². The fourth-order valence-corrected chi connectivity index (χ4v) is 2.95. The number of carbonyl (C=O) groups is 1. The summed E-state index contributed by atoms with van der Waals surface area (Å²) in [7, 11) is 0. The maximum Gasteiger partial charge on any atom is 0.263 e. The molecule has 0 bridgehead atoms. The van der Waals surface area contributed by atoms with Gasteiger partial charge in [0.25, 0.3) is 5.91 Å². The van der Waals surface area contributed by atoms with Crippen molar-refractivity contribution in [1.29, 1.82) is 0 Å². The van der Waals surface area contributed by atoms with Crippen LogP contribution in [0.5, 0.6) is 5.75 Å². The minimum Gasteiger partial charge on any atom is -0.481 e. The summed E-state index contributed by atoms with van der Waals surface area (Å²) in [5.74, 6) is 1.28. The van der Waals surface area contributed by atoms with Gasteiger partial charge in [0.1, 0.15) is 5.75 Å². The summed E-state index contributed by atoms with van der Waals surface area (Å²) in [4.78, 5) is 14.5. The number of rotatable bonds is 5. The first kappa shape index (κ1) is 19.8. The number of ether oxygens (including phenoxy) is 1. The van der Waals surface area contributed by atoms with Gasteiger partial charge < -0.3 is 15.4 Å². The van der Waals surface area contributed by atoms with Gasteiger partial charge in [-0.05, 0) is 49.8 Å². The summed E-state index contributed by atoms with van der Waals surface area (Å²) >= 11 is 0. The summed E-state index contributed by atoms with van der Waals surface area (Å²) in [6.07, 6.45) is 1.55. The predicted molar refractivity (Wildman–Crippen MR) is 96.4 cm³/mol. The molecule has 1 fully saturated rings. The molecule has 1 aliphatic heterocycles. The maximum atomic E-state index is 12.6. The van der Waals surface area contributed by atoms with E-state index in [1.807, 2.05) is 24.8 Å². The Hall–Kier alpha value is -1.26. The van der Waals surface area contributed by atoms with Gasteiger partial charge in [-0.25, -0.2) is 0 Å². The molecule has 1 aliphatic rings. The number of amides is 1. The van der Waals surface area contributed by atoms with Crippen molar-refractivity contribution in [1.82, 2.24) is 4.90 Å². The average Bonchev–Trinajstić information content (AvgIpc) is 2.96. The minimum absolute atomic E-state index is 0. The van der Waals surface area contributed by atoms with Crippen LogP contribution in [0.3, 0.4) is 0 Å². The highest BCUT2D eigenvalue weighted by atomic mass is 35.5. The Bertz CT molecular complexity index is 534.